The first-order valence-electron chi connectivity index (χ1n) is 9.46. The van der Waals surface area contributed by atoms with Crippen LogP contribution in [0.15, 0.2) is 18.2 Å². The number of halogens is 1. The predicted octanol–water partition coefficient (Wildman–Crippen LogP) is 0.856. The Morgan fingerprint density at radius 1 is 1.43 bits per heavy atom. The lowest BCUT2D eigenvalue weighted by molar-refractivity contribution is -0.134. The first-order valence-corrected chi connectivity index (χ1v) is 9.46. The molecule has 1 saturated heterocycles. The number of nitrogens with one attached hydrogen (secondary N) is 1. The third-order valence-electron chi connectivity index (χ3n) is 5.27. The van der Waals surface area contributed by atoms with Crippen molar-refractivity contribution in [3.8, 4) is 0 Å². The number of hydrogen-bond acceptors (Lipinski definition) is 5. The minimum Gasteiger partial charge on any atom is -0.370 e. The molecule has 1 atom stereocenters. The van der Waals surface area contributed by atoms with Crippen molar-refractivity contribution in [3.63, 3.8) is 0 Å². The lowest BCUT2D eigenvalue weighted by Crippen LogP contribution is -2.57. The molecule has 3 N–H and O–H groups in total. The van der Waals surface area contributed by atoms with Gasteiger partial charge in [0.25, 0.3) is 11.8 Å². The summed E-state index contributed by atoms with van der Waals surface area (Å²) in [6, 6.07) is 3.08. The summed E-state index contributed by atoms with van der Waals surface area (Å²) in [6.45, 7) is 3.01. The molecule has 2 aliphatic rings. The van der Waals surface area contributed by atoms with E-state index in [-0.39, 0.29) is 24.2 Å². The van der Waals surface area contributed by atoms with E-state index in [1.807, 2.05) is 6.92 Å². The molecule has 1 heterocycles. The molecule has 1 saturated carbocycles. The van der Waals surface area contributed by atoms with Crippen molar-refractivity contribution in [3.05, 3.63) is 24.0 Å². The van der Waals surface area contributed by atoms with Crippen LogP contribution < -0.4 is 16.0 Å². The van der Waals surface area contributed by atoms with Crippen molar-refractivity contribution in [2.45, 2.75) is 38.3 Å². The van der Waals surface area contributed by atoms with Gasteiger partial charge in [-0.25, -0.2) is 4.39 Å². The first kappa shape index (κ1) is 20.2. The normalized spacial score (nSPS) is 18.7. The van der Waals surface area contributed by atoms with E-state index in [1.54, 1.807) is 11.0 Å². The molecule has 0 unspecified atom stereocenters. The molecule has 0 spiro atoms. The lowest BCUT2D eigenvalue weighted by Gasteiger charge is -2.40. The number of nitrogens with zero attached hydrogens (tertiary/aromatic N) is 2. The van der Waals surface area contributed by atoms with Gasteiger partial charge in [0.05, 0.1) is 12.3 Å². The zero-order chi connectivity index (χ0) is 20.3. The maximum atomic E-state index is 14.6. The van der Waals surface area contributed by atoms with Gasteiger partial charge in [0.15, 0.2) is 6.04 Å². The number of benzene rings is 1. The van der Waals surface area contributed by atoms with Crippen LogP contribution in [-0.2, 0) is 19.1 Å². The molecule has 28 heavy (non-hydrogen) atoms. The predicted molar refractivity (Wildman–Crippen MR) is 101 cm³/mol. The molecular weight excluding hydrogens is 367 g/mol. The number of likely N-dealkylation sites (N-methyl/N-ethyl adjacent to an activating group) is 1. The van der Waals surface area contributed by atoms with Crippen LogP contribution in [0.2, 0.25) is 0 Å². The Labute approximate surface area is 162 Å². The smallest absolute Gasteiger partial charge is 0.253 e. The van der Waals surface area contributed by atoms with E-state index < -0.39 is 23.7 Å². The summed E-state index contributed by atoms with van der Waals surface area (Å²) in [4.78, 5) is 39.7. The highest BCUT2D eigenvalue weighted by molar-refractivity contribution is 6.09. The fraction of sp³-hybridized carbons (Fsp3) is 0.526. The molecule has 8 nitrogen and oxygen atoms in total. The topological polar surface area (TPSA) is 105 Å². The fourth-order valence-corrected chi connectivity index (χ4v) is 3.58. The lowest BCUT2D eigenvalue weighted by atomic mass is 9.90. The second-order valence-corrected chi connectivity index (χ2v) is 6.97. The maximum absolute atomic E-state index is 14.6. The van der Waals surface area contributed by atoms with Crippen LogP contribution in [-0.4, -0.2) is 61.0 Å². The second kappa shape index (κ2) is 8.66. The summed E-state index contributed by atoms with van der Waals surface area (Å²) in [5.41, 5.74) is 5.79. The number of carbonyl (C=O) groups is 3. The first-order chi connectivity index (χ1) is 13.4. The van der Waals surface area contributed by atoms with Crippen LogP contribution >= 0.6 is 0 Å². The van der Waals surface area contributed by atoms with Gasteiger partial charge in [-0.1, -0.05) is 13.3 Å². The SMILES string of the molecule is CCN(C1CCC1)[C@@H](C(N)=O)C(=O)Nc1ccc(N2CCOCC2=O)cc1F. The summed E-state index contributed by atoms with van der Waals surface area (Å²) < 4.78 is 19.6. The third kappa shape index (κ3) is 4.15. The molecular formula is C19H25FN4O4. The minimum atomic E-state index is -1.16. The van der Waals surface area contributed by atoms with Crippen LogP contribution in [0.1, 0.15) is 26.2 Å². The monoisotopic (exact) mass is 392 g/mol. The molecule has 1 aromatic rings. The molecule has 3 amide bonds. The quantitative estimate of drug-likeness (QED) is 0.670. The van der Waals surface area contributed by atoms with Crippen molar-refractivity contribution < 1.29 is 23.5 Å². The molecule has 3 rings (SSSR count). The molecule has 0 aromatic heterocycles. The van der Waals surface area contributed by atoms with E-state index in [0.29, 0.717) is 25.4 Å². The summed E-state index contributed by atoms with van der Waals surface area (Å²) in [5.74, 6) is -2.37. The molecule has 0 bridgehead atoms. The average molecular weight is 392 g/mol. The molecule has 9 heteroatoms. The Morgan fingerprint density at radius 2 is 2.18 bits per heavy atom. The highest BCUT2D eigenvalue weighted by Gasteiger charge is 2.37. The molecule has 0 radical (unpaired) electrons. The minimum absolute atomic E-state index is 0.0472. The van der Waals surface area contributed by atoms with E-state index >= 15 is 0 Å². The van der Waals surface area contributed by atoms with Gasteiger partial charge in [-0.05, 0) is 37.6 Å². The number of nitrogens with two attached hydrogens (primary N) is 1. The summed E-state index contributed by atoms with van der Waals surface area (Å²) in [6.07, 6.45) is 2.85. The van der Waals surface area contributed by atoms with Gasteiger partial charge < -0.3 is 20.7 Å². The number of primary amides is 1. The van der Waals surface area contributed by atoms with Crippen LogP contribution in [0.4, 0.5) is 15.8 Å². The Bertz CT molecular complexity index is 768. The number of amides is 3. The van der Waals surface area contributed by atoms with Crippen LogP contribution in [0.5, 0.6) is 0 Å². The Balaban J connectivity index is 1.75. The van der Waals surface area contributed by atoms with Gasteiger partial charge in [0.1, 0.15) is 12.4 Å². The van der Waals surface area contributed by atoms with Gasteiger partial charge >= 0.3 is 0 Å². The summed E-state index contributed by atoms with van der Waals surface area (Å²) in [5, 5.41) is 2.47. The molecule has 152 valence electrons. The Hall–Kier alpha value is -2.52. The van der Waals surface area contributed by atoms with E-state index in [2.05, 4.69) is 5.32 Å². The fourth-order valence-electron chi connectivity index (χ4n) is 3.58. The molecule has 1 aliphatic carbocycles. The van der Waals surface area contributed by atoms with E-state index in [1.165, 1.54) is 17.0 Å². The summed E-state index contributed by atoms with van der Waals surface area (Å²) in [7, 11) is 0. The number of ether oxygens (including phenoxy) is 1. The van der Waals surface area contributed by atoms with Crippen molar-refractivity contribution in [2.75, 3.05) is 36.5 Å². The number of morpholine rings is 1. The van der Waals surface area contributed by atoms with Crippen LogP contribution in [0.3, 0.4) is 0 Å². The standard InChI is InChI=1S/C19H25FN4O4/c1-2-23(12-4-3-5-12)17(18(21)26)19(27)22-15-7-6-13(10-14(15)20)24-8-9-28-11-16(24)25/h6-7,10,12,17H,2-5,8-9,11H2,1H3,(H2,21,26)(H,22,27)/t17-/m0/s1. The van der Waals surface area contributed by atoms with Gasteiger partial charge in [0, 0.05) is 18.3 Å². The largest absolute Gasteiger partial charge is 0.370 e. The third-order valence-corrected chi connectivity index (χ3v) is 5.27. The average Bonchev–Trinajstić information content (AvgIpc) is 2.61. The summed E-state index contributed by atoms with van der Waals surface area (Å²) >= 11 is 0. The van der Waals surface area contributed by atoms with Crippen molar-refractivity contribution >= 4 is 29.1 Å². The Kier molecular flexibility index (Phi) is 6.25. The highest BCUT2D eigenvalue weighted by atomic mass is 19.1. The van der Waals surface area contributed by atoms with Gasteiger partial charge in [0.2, 0.25) is 5.91 Å². The maximum Gasteiger partial charge on any atom is 0.253 e. The zero-order valence-corrected chi connectivity index (χ0v) is 15.8. The van der Waals surface area contributed by atoms with E-state index in [0.717, 1.165) is 19.3 Å². The second-order valence-electron chi connectivity index (χ2n) is 6.97. The van der Waals surface area contributed by atoms with E-state index in [4.69, 9.17) is 10.5 Å². The molecule has 2 fully saturated rings. The van der Waals surface area contributed by atoms with Crippen LogP contribution in [0.25, 0.3) is 0 Å². The van der Waals surface area contributed by atoms with Crippen LogP contribution in [0, 0.1) is 5.82 Å². The van der Waals surface area contributed by atoms with Crippen molar-refractivity contribution in [2.24, 2.45) is 5.73 Å². The zero-order valence-electron chi connectivity index (χ0n) is 15.8. The van der Waals surface area contributed by atoms with Gasteiger partial charge in [-0.15, -0.1) is 0 Å². The Morgan fingerprint density at radius 3 is 2.71 bits per heavy atom. The number of anilines is 2. The van der Waals surface area contributed by atoms with Crippen molar-refractivity contribution in [1.29, 1.82) is 0 Å². The number of carbonyl (C=O) groups excluding carboxylic acids is 3. The van der Waals surface area contributed by atoms with E-state index in [9.17, 15) is 18.8 Å². The van der Waals surface area contributed by atoms with Gasteiger partial charge in [-0.2, -0.15) is 0 Å². The molecule has 1 aliphatic heterocycles. The highest BCUT2D eigenvalue weighted by Crippen LogP contribution is 2.27. The van der Waals surface area contributed by atoms with Crippen molar-refractivity contribution in [1.82, 2.24) is 4.90 Å². The number of rotatable bonds is 7. The molecule has 1 aromatic carbocycles. The van der Waals surface area contributed by atoms with Gasteiger partial charge in [-0.3, -0.25) is 19.3 Å². The number of hydrogen-bond donors (Lipinski definition) is 2.